The lowest BCUT2D eigenvalue weighted by Crippen LogP contribution is -2.47. The highest BCUT2D eigenvalue weighted by Crippen LogP contribution is 2.44. The Morgan fingerprint density at radius 3 is 2.39 bits per heavy atom. The number of hydrogen-bond acceptors (Lipinski definition) is 7. The van der Waals surface area contributed by atoms with E-state index in [0.29, 0.717) is 10.9 Å². The SMILES string of the molecule is CN1C(=Nc2ccccc2)SCC1(OS(N)(=O)=O)c1ccc(Cl)c(S(=O)(=O)N(C)C)c1. The van der Waals surface area contributed by atoms with Gasteiger partial charge in [-0.25, -0.2) is 27.0 Å². The van der Waals surface area contributed by atoms with Crippen LogP contribution in [0.1, 0.15) is 5.56 Å². The number of rotatable bonds is 6. The van der Waals surface area contributed by atoms with E-state index in [0.717, 1.165) is 4.31 Å². The first kappa shape index (κ1) is 24.0. The average molecular weight is 505 g/mol. The van der Waals surface area contributed by atoms with E-state index in [1.807, 2.05) is 18.2 Å². The lowest BCUT2D eigenvalue weighted by Gasteiger charge is -2.35. The van der Waals surface area contributed by atoms with Gasteiger partial charge in [0.15, 0.2) is 10.9 Å². The van der Waals surface area contributed by atoms with Crippen LogP contribution in [0.4, 0.5) is 5.69 Å². The van der Waals surface area contributed by atoms with E-state index in [4.69, 9.17) is 20.9 Å². The molecule has 2 aromatic carbocycles. The van der Waals surface area contributed by atoms with Crippen LogP contribution in [-0.4, -0.2) is 58.1 Å². The number of nitrogens with two attached hydrogens (primary N) is 1. The third-order valence-electron chi connectivity index (χ3n) is 4.60. The molecule has 31 heavy (non-hydrogen) atoms. The Morgan fingerprint density at radius 1 is 1.16 bits per heavy atom. The Morgan fingerprint density at radius 2 is 1.81 bits per heavy atom. The van der Waals surface area contributed by atoms with Crippen LogP contribution in [-0.2, 0) is 30.2 Å². The van der Waals surface area contributed by atoms with Gasteiger partial charge >= 0.3 is 10.3 Å². The minimum Gasteiger partial charge on any atom is -0.320 e. The summed E-state index contributed by atoms with van der Waals surface area (Å²) in [7, 11) is -3.98. The predicted octanol–water partition coefficient (Wildman–Crippen LogP) is 2.33. The molecule has 0 radical (unpaired) electrons. The Hall–Kier alpha value is -1.67. The molecule has 1 unspecified atom stereocenters. The minimum absolute atomic E-state index is 0.00492. The van der Waals surface area contributed by atoms with Gasteiger partial charge in [-0.2, -0.15) is 8.42 Å². The number of thioether (sulfide) groups is 1. The van der Waals surface area contributed by atoms with Crippen LogP contribution >= 0.6 is 23.4 Å². The average Bonchev–Trinajstić information content (AvgIpc) is 2.98. The van der Waals surface area contributed by atoms with E-state index in [2.05, 4.69) is 4.99 Å². The molecule has 0 spiro atoms. The summed E-state index contributed by atoms with van der Waals surface area (Å²) in [5.41, 5.74) is -0.706. The zero-order chi connectivity index (χ0) is 23.0. The lowest BCUT2D eigenvalue weighted by molar-refractivity contribution is -0.00137. The molecule has 0 bridgehead atoms. The molecule has 0 aliphatic carbocycles. The third-order valence-corrected chi connectivity index (χ3v) is 8.57. The van der Waals surface area contributed by atoms with Crippen LogP contribution in [0.3, 0.4) is 0 Å². The summed E-state index contributed by atoms with van der Waals surface area (Å²) in [6, 6.07) is 13.3. The predicted molar refractivity (Wildman–Crippen MR) is 122 cm³/mol. The fourth-order valence-corrected chi connectivity index (χ4v) is 6.34. The second kappa shape index (κ2) is 8.70. The highest BCUT2D eigenvalue weighted by atomic mass is 35.5. The van der Waals surface area contributed by atoms with Gasteiger partial charge in [0.05, 0.1) is 16.5 Å². The highest BCUT2D eigenvalue weighted by molar-refractivity contribution is 8.14. The van der Waals surface area contributed by atoms with Gasteiger partial charge in [0, 0.05) is 26.7 Å². The van der Waals surface area contributed by atoms with Crippen molar-refractivity contribution >= 4 is 54.5 Å². The Labute approximate surface area is 191 Å². The zero-order valence-electron chi connectivity index (χ0n) is 16.9. The fraction of sp³-hybridized carbons (Fsp3) is 0.278. The first-order valence-electron chi connectivity index (χ1n) is 8.83. The molecule has 1 atom stereocenters. The molecular formula is C18H21ClN4O5S3. The summed E-state index contributed by atoms with van der Waals surface area (Å²) in [4.78, 5) is 5.88. The molecule has 3 rings (SSSR count). The van der Waals surface area contributed by atoms with Crippen molar-refractivity contribution < 1.29 is 21.0 Å². The molecule has 1 aliphatic heterocycles. The number of aliphatic imine (C=N–C) groups is 1. The van der Waals surface area contributed by atoms with Crippen molar-refractivity contribution in [3.63, 3.8) is 0 Å². The smallest absolute Gasteiger partial charge is 0.320 e. The van der Waals surface area contributed by atoms with Crippen molar-refractivity contribution in [1.82, 2.24) is 9.21 Å². The molecule has 0 aromatic heterocycles. The lowest BCUT2D eigenvalue weighted by atomic mass is 10.0. The highest BCUT2D eigenvalue weighted by Gasteiger charge is 2.49. The molecule has 13 heteroatoms. The molecule has 1 fully saturated rings. The number of amidine groups is 1. The monoisotopic (exact) mass is 504 g/mol. The second-order valence-electron chi connectivity index (χ2n) is 6.87. The summed E-state index contributed by atoms with van der Waals surface area (Å²) in [6.07, 6.45) is 0. The van der Waals surface area contributed by atoms with E-state index < -0.39 is 26.1 Å². The van der Waals surface area contributed by atoms with Gasteiger partial charge in [0.2, 0.25) is 10.0 Å². The molecule has 168 valence electrons. The Bertz CT molecular complexity index is 1220. The molecule has 1 saturated heterocycles. The van der Waals surface area contributed by atoms with Crippen LogP contribution < -0.4 is 5.14 Å². The Balaban J connectivity index is 2.17. The normalized spacial score (nSPS) is 21.2. The van der Waals surface area contributed by atoms with Gasteiger partial charge in [0.25, 0.3) is 0 Å². The van der Waals surface area contributed by atoms with E-state index in [-0.39, 0.29) is 21.2 Å². The summed E-state index contributed by atoms with van der Waals surface area (Å²) in [5.74, 6) is 0.0919. The van der Waals surface area contributed by atoms with E-state index in [1.165, 1.54) is 49.0 Å². The topological polar surface area (TPSA) is 122 Å². The molecular weight excluding hydrogens is 484 g/mol. The molecule has 2 N–H and O–H groups in total. The largest absolute Gasteiger partial charge is 0.335 e. The molecule has 1 aliphatic rings. The first-order chi connectivity index (χ1) is 14.4. The van der Waals surface area contributed by atoms with Crippen molar-refractivity contribution in [2.75, 3.05) is 26.9 Å². The quantitative estimate of drug-likeness (QED) is 0.640. The van der Waals surface area contributed by atoms with Gasteiger partial charge in [-0.3, -0.25) is 0 Å². The molecule has 1 heterocycles. The summed E-state index contributed by atoms with van der Waals surface area (Å²) in [5, 5.41) is 5.69. The van der Waals surface area contributed by atoms with Crippen molar-refractivity contribution in [2.45, 2.75) is 10.6 Å². The van der Waals surface area contributed by atoms with Crippen LogP contribution in [0.2, 0.25) is 5.02 Å². The van der Waals surface area contributed by atoms with Crippen molar-refractivity contribution in [1.29, 1.82) is 0 Å². The summed E-state index contributed by atoms with van der Waals surface area (Å²) in [6.45, 7) is 0. The van der Waals surface area contributed by atoms with Gasteiger partial charge in [0.1, 0.15) is 4.90 Å². The second-order valence-corrected chi connectivity index (χ2v) is 11.5. The summed E-state index contributed by atoms with van der Waals surface area (Å²) < 4.78 is 55.7. The van der Waals surface area contributed by atoms with Gasteiger partial charge in [-0.1, -0.05) is 47.6 Å². The van der Waals surface area contributed by atoms with E-state index >= 15 is 0 Å². The molecule has 0 amide bonds. The zero-order valence-corrected chi connectivity index (χ0v) is 20.1. The van der Waals surface area contributed by atoms with Gasteiger partial charge in [-0.15, -0.1) is 0 Å². The van der Waals surface area contributed by atoms with Crippen molar-refractivity contribution in [3.05, 3.63) is 59.1 Å². The Kier molecular flexibility index (Phi) is 6.73. The minimum atomic E-state index is -4.42. The van der Waals surface area contributed by atoms with Crippen molar-refractivity contribution in [3.8, 4) is 0 Å². The van der Waals surface area contributed by atoms with Crippen LogP contribution in [0.5, 0.6) is 0 Å². The van der Waals surface area contributed by atoms with Crippen LogP contribution in [0, 0.1) is 0 Å². The molecule has 9 nitrogen and oxygen atoms in total. The first-order valence-corrected chi connectivity index (χ1v) is 13.1. The number of nitrogens with zero attached hydrogens (tertiary/aromatic N) is 3. The van der Waals surface area contributed by atoms with Crippen LogP contribution in [0.25, 0.3) is 0 Å². The van der Waals surface area contributed by atoms with E-state index in [1.54, 1.807) is 19.2 Å². The number of halogens is 1. The fourth-order valence-electron chi connectivity index (χ4n) is 2.97. The molecule has 2 aromatic rings. The van der Waals surface area contributed by atoms with Crippen LogP contribution in [0.15, 0.2) is 58.4 Å². The van der Waals surface area contributed by atoms with Gasteiger partial charge in [-0.05, 0) is 24.3 Å². The maximum Gasteiger partial charge on any atom is 0.335 e. The maximum atomic E-state index is 12.7. The number of benzene rings is 2. The number of sulfonamides is 1. The third kappa shape index (κ3) is 4.90. The standard InChI is InChI=1S/C18H21ClN4O5S3/c1-22(2)30(24,25)16-11-13(9-10-15(16)19)18(28-31(20,26)27)12-29-17(23(18)3)21-14-7-5-4-6-8-14/h4-11H,12H2,1-3H3,(H2,20,26,27). The number of hydrogen-bond donors (Lipinski definition) is 1. The summed E-state index contributed by atoms with van der Waals surface area (Å²) >= 11 is 7.40. The molecule has 0 saturated carbocycles. The maximum absolute atomic E-state index is 12.7. The number of para-hydroxylation sites is 1. The van der Waals surface area contributed by atoms with E-state index in [9.17, 15) is 16.8 Å². The van der Waals surface area contributed by atoms with Gasteiger partial charge < -0.3 is 4.90 Å². The van der Waals surface area contributed by atoms with Crippen molar-refractivity contribution in [2.24, 2.45) is 10.1 Å².